The molecular formula is C14H27IN2O2. The van der Waals surface area contributed by atoms with Crippen molar-refractivity contribution in [2.75, 3.05) is 39.8 Å². The molecule has 0 N–H and O–H groups in total. The molecular weight excluding hydrogens is 355 g/mol. The number of rotatable bonds is 5. The minimum atomic E-state index is -0.0799. The van der Waals surface area contributed by atoms with Crippen molar-refractivity contribution >= 4 is 26.5 Å². The molecule has 0 radical (unpaired) electrons. The van der Waals surface area contributed by atoms with Crippen molar-refractivity contribution in [2.24, 2.45) is 5.41 Å². The van der Waals surface area contributed by atoms with Crippen molar-refractivity contribution in [1.82, 2.24) is 9.80 Å². The molecule has 1 aliphatic heterocycles. The van der Waals surface area contributed by atoms with Crippen LogP contribution < -0.4 is 0 Å². The Balaban J connectivity index is 2.45. The van der Waals surface area contributed by atoms with Gasteiger partial charge < -0.3 is 9.64 Å². The van der Waals surface area contributed by atoms with Gasteiger partial charge in [0.05, 0.1) is 5.60 Å². The Bertz CT molecular complexity index is 311. The summed E-state index contributed by atoms with van der Waals surface area (Å²) in [5.41, 5.74) is 0.138. The summed E-state index contributed by atoms with van der Waals surface area (Å²) in [6.45, 7) is 13.6. The number of hydrogen-bond donors (Lipinski definition) is 0. The molecule has 1 saturated heterocycles. The number of piperazine rings is 1. The van der Waals surface area contributed by atoms with Gasteiger partial charge in [0.15, 0.2) is 0 Å². The summed E-state index contributed by atoms with van der Waals surface area (Å²) in [5, 5.41) is 0. The Morgan fingerprint density at radius 3 is 2.11 bits per heavy atom. The number of ether oxygens (including phenoxy) is 1. The summed E-state index contributed by atoms with van der Waals surface area (Å²) < 4.78 is 5.70. The molecule has 0 bridgehead atoms. The number of halogens is 1. The molecule has 0 aromatic rings. The van der Waals surface area contributed by atoms with Gasteiger partial charge in [0, 0.05) is 62.4 Å². The molecule has 0 atom stereocenters. The summed E-state index contributed by atoms with van der Waals surface area (Å²) in [4.78, 5) is 15.7. The van der Waals surface area contributed by atoms with Crippen LogP contribution in [0.1, 0.15) is 34.1 Å². The second kappa shape index (κ2) is 6.72. The molecule has 0 aliphatic carbocycles. The number of nitrogens with zero attached hydrogens (tertiary/aromatic N) is 2. The Morgan fingerprint density at radius 2 is 1.68 bits per heavy atom. The lowest BCUT2D eigenvalue weighted by Gasteiger charge is -2.41. The predicted octanol–water partition coefficient (Wildman–Crippen LogP) is 3.00. The topological polar surface area (TPSA) is 32.8 Å². The molecule has 0 aromatic carbocycles. The third-order valence-corrected chi connectivity index (χ3v) is 4.41. The zero-order valence-corrected chi connectivity index (χ0v) is 15.0. The number of amides is 1. The highest BCUT2D eigenvalue weighted by molar-refractivity contribution is 14.1. The first-order valence-corrected chi connectivity index (χ1v) is 7.95. The van der Waals surface area contributed by atoms with Crippen LogP contribution in [0.5, 0.6) is 0 Å². The van der Waals surface area contributed by atoms with Crippen LogP contribution in [0.25, 0.3) is 0 Å². The monoisotopic (exact) mass is 382 g/mol. The smallest absolute Gasteiger partial charge is 0.283 e. The van der Waals surface area contributed by atoms with Gasteiger partial charge in [-0.3, -0.25) is 9.69 Å². The highest BCUT2D eigenvalue weighted by Gasteiger charge is 2.31. The van der Waals surface area contributed by atoms with E-state index < -0.39 is 0 Å². The number of carbonyl (C=O) groups is 1. The molecule has 5 heteroatoms. The fraction of sp³-hybridized carbons (Fsp3) is 0.929. The largest absolute Gasteiger partial charge is 0.379 e. The van der Waals surface area contributed by atoms with E-state index in [9.17, 15) is 4.79 Å². The maximum absolute atomic E-state index is 11.3. The summed E-state index contributed by atoms with van der Waals surface area (Å²) in [7, 11) is 1.78. The van der Waals surface area contributed by atoms with Crippen LogP contribution >= 0.6 is 22.6 Å². The molecule has 1 amide bonds. The van der Waals surface area contributed by atoms with E-state index in [-0.39, 0.29) is 14.9 Å². The van der Waals surface area contributed by atoms with Crippen molar-refractivity contribution in [2.45, 2.75) is 39.7 Å². The molecule has 19 heavy (non-hydrogen) atoms. The summed E-state index contributed by atoms with van der Waals surface area (Å²) in [5.74, 6) is 0. The Hall–Kier alpha value is 0.120. The fourth-order valence-electron chi connectivity index (χ4n) is 2.97. The molecule has 1 heterocycles. The molecule has 0 aromatic heterocycles. The predicted molar refractivity (Wildman–Crippen MR) is 86.9 cm³/mol. The zero-order chi connectivity index (χ0) is 14.7. The van der Waals surface area contributed by atoms with Crippen LogP contribution in [0.15, 0.2) is 0 Å². The SMILES string of the molecule is COC(C)(C)CC(C)(C)CN1CCN(C(=O)I)CC1. The van der Waals surface area contributed by atoms with Gasteiger partial charge in [0.25, 0.3) is 3.91 Å². The van der Waals surface area contributed by atoms with Crippen LogP contribution in [0, 0.1) is 5.41 Å². The Kier molecular flexibility index (Phi) is 6.07. The second-order valence-corrected chi connectivity index (χ2v) is 7.74. The molecule has 1 fully saturated rings. The maximum Gasteiger partial charge on any atom is 0.283 e. The van der Waals surface area contributed by atoms with Gasteiger partial charge in [-0.25, -0.2) is 0 Å². The lowest BCUT2D eigenvalue weighted by molar-refractivity contribution is -0.0222. The average Bonchev–Trinajstić information content (AvgIpc) is 2.27. The molecule has 1 rings (SSSR count). The molecule has 0 unspecified atom stereocenters. The van der Waals surface area contributed by atoms with Gasteiger partial charge in [-0.1, -0.05) is 13.8 Å². The van der Waals surface area contributed by atoms with Crippen LogP contribution in [0.3, 0.4) is 0 Å². The van der Waals surface area contributed by atoms with E-state index in [1.54, 1.807) is 7.11 Å². The second-order valence-electron chi connectivity index (χ2n) is 6.82. The third kappa shape index (κ3) is 5.95. The molecule has 112 valence electrons. The van der Waals surface area contributed by atoms with Gasteiger partial charge in [-0.05, 0) is 25.7 Å². The first kappa shape index (κ1) is 17.2. The van der Waals surface area contributed by atoms with Crippen LogP contribution in [-0.4, -0.2) is 59.1 Å². The van der Waals surface area contributed by atoms with Gasteiger partial charge in [0.2, 0.25) is 0 Å². The van der Waals surface area contributed by atoms with E-state index in [2.05, 4.69) is 32.6 Å². The maximum atomic E-state index is 11.3. The Morgan fingerprint density at radius 1 is 1.16 bits per heavy atom. The highest BCUT2D eigenvalue weighted by Crippen LogP contribution is 2.31. The van der Waals surface area contributed by atoms with E-state index in [0.29, 0.717) is 0 Å². The molecule has 0 saturated carbocycles. The van der Waals surface area contributed by atoms with Crippen LogP contribution in [0.4, 0.5) is 4.79 Å². The highest BCUT2D eigenvalue weighted by atomic mass is 127. The third-order valence-electron chi connectivity index (χ3n) is 3.73. The molecule has 0 spiro atoms. The first-order valence-electron chi connectivity index (χ1n) is 6.87. The summed E-state index contributed by atoms with van der Waals surface area (Å²) in [6, 6.07) is 0. The average molecular weight is 382 g/mol. The standard InChI is InChI=1S/C14H27IN2O2/c1-13(2,10-14(3,4)19-5)11-16-6-8-17(9-7-16)12(15)18/h6-11H2,1-5H3. The minimum absolute atomic E-state index is 0.0799. The lowest BCUT2D eigenvalue weighted by atomic mass is 9.81. The van der Waals surface area contributed by atoms with Crippen molar-refractivity contribution in [3.63, 3.8) is 0 Å². The molecule has 1 aliphatic rings. The van der Waals surface area contributed by atoms with E-state index in [1.807, 2.05) is 27.5 Å². The molecule has 4 nitrogen and oxygen atoms in total. The van der Waals surface area contributed by atoms with E-state index in [0.717, 1.165) is 39.1 Å². The van der Waals surface area contributed by atoms with Crippen molar-refractivity contribution in [1.29, 1.82) is 0 Å². The van der Waals surface area contributed by atoms with Crippen molar-refractivity contribution in [3.8, 4) is 0 Å². The minimum Gasteiger partial charge on any atom is -0.379 e. The lowest BCUT2D eigenvalue weighted by Crippen LogP contribution is -2.50. The van der Waals surface area contributed by atoms with Crippen LogP contribution in [-0.2, 0) is 4.74 Å². The number of hydrogen-bond acceptors (Lipinski definition) is 3. The summed E-state index contributed by atoms with van der Waals surface area (Å²) >= 11 is 1.87. The van der Waals surface area contributed by atoms with Crippen molar-refractivity contribution < 1.29 is 9.53 Å². The van der Waals surface area contributed by atoms with Gasteiger partial charge >= 0.3 is 0 Å². The van der Waals surface area contributed by atoms with Crippen molar-refractivity contribution in [3.05, 3.63) is 0 Å². The first-order chi connectivity index (χ1) is 8.65. The fourth-order valence-corrected chi connectivity index (χ4v) is 3.45. The number of carbonyl (C=O) groups excluding carboxylic acids is 1. The number of methoxy groups -OCH3 is 1. The van der Waals surface area contributed by atoms with E-state index in [1.165, 1.54) is 0 Å². The van der Waals surface area contributed by atoms with Crippen LogP contribution in [0.2, 0.25) is 0 Å². The quantitative estimate of drug-likeness (QED) is 0.416. The van der Waals surface area contributed by atoms with Gasteiger partial charge in [-0.2, -0.15) is 0 Å². The summed E-state index contributed by atoms with van der Waals surface area (Å²) in [6.07, 6.45) is 1.03. The zero-order valence-electron chi connectivity index (χ0n) is 12.8. The van der Waals surface area contributed by atoms with E-state index >= 15 is 0 Å². The normalized spacial score (nSPS) is 18.7. The van der Waals surface area contributed by atoms with Gasteiger partial charge in [-0.15, -0.1) is 0 Å². The Labute approximate surface area is 131 Å². The van der Waals surface area contributed by atoms with Gasteiger partial charge in [0.1, 0.15) is 0 Å². The van der Waals surface area contributed by atoms with E-state index in [4.69, 9.17) is 4.74 Å².